The summed E-state index contributed by atoms with van der Waals surface area (Å²) in [6.45, 7) is 4.47. The molecular weight excluding hydrogens is 518 g/mol. The number of hydrogen-bond donors (Lipinski definition) is 1. The van der Waals surface area contributed by atoms with Crippen molar-refractivity contribution < 1.29 is 4.79 Å². The number of nitrogens with zero attached hydrogens (tertiary/aromatic N) is 4. The fourth-order valence-corrected chi connectivity index (χ4v) is 6.52. The van der Waals surface area contributed by atoms with Crippen molar-refractivity contribution in [2.24, 2.45) is 5.92 Å². The Balaban J connectivity index is 1.20. The zero-order valence-electron chi connectivity index (χ0n) is 21.3. The van der Waals surface area contributed by atoms with Crippen LogP contribution in [0.5, 0.6) is 0 Å². The van der Waals surface area contributed by atoms with Gasteiger partial charge in [0.15, 0.2) is 0 Å². The number of rotatable bonds is 5. The maximum Gasteiger partial charge on any atom is 0.333 e. The molecule has 2 aromatic carbocycles. The van der Waals surface area contributed by atoms with Gasteiger partial charge in [0, 0.05) is 18.8 Å². The van der Waals surface area contributed by atoms with Crippen molar-refractivity contribution in [2.45, 2.75) is 52.1 Å². The first-order chi connectivity index (χ1) is 18.4. The number of hydrogen-bond acceptors (Lipinski definition) is 5. The van der Waals surface area contributed by atoms with E-state index in [9.17, 15) is 9.59 Å². The maximum absolute atomic E-state index is 13.8. The summed E-state index contributed by atoms with van der Waals surface area (Å²) in [5, 5.41) is 4.62. The molecule has 0 saturated heterocycles. The zero-order valence-corrected chi connectivity index (χ0v) is 22.9. The van der Waals surface area contributed by atoms with Gasteiger partial charge < -0.3 is 5.32 Å². The highest BCUT2D eigenvalue weighted by molar-refractivity contribution is 7.18. The van der Waals surface area contributed by atoms with Crippen LogP contribution in [0.3, 0.4) is 0 Å². The predicted molar refractivity (Wildman–Crippen MR) is 153 cm³/mol. The van der Waals surface area contributed by atoms with Gasteiger partial charge in [-0.25, -0.2) is 9.78 Å². The molecule has 3 aromatic heterocycles. The minimum absolute atomic E-state index is 0.0307. The second kappa shape index (κ2) is 10.0. The van der Waals surface area contributed by atoms with Crippen molar-refractivity contribution in [1.29, 1.82) is 0 Å². The lowest BCUT2D eigenvalue weighted by molar-refractivity contribution is 0.0919. The lowest BCUT2D eigenvalue weighted by atomic mass is 9.85. The van der Waals surface area contributed by atoms with E-state index in [-0.39, 0.29) is 17.6 Å². The Morgan fingerprint density at radius 3 is 2.63 bits per heavy atom. The van der Waals surface area contributed by atoms with E-state index in [1.54, 1.807) is 28.2 Å². The number of aromatic nitrogens is 4. The van der Waals surface area contributed by atoms with Crippen molar-refractivity contribution in [1.82, 2.24) is 24.4 Å². The van der Waals surface area contributed by atoms with E-state index in [0.29, 0.717) is 28.7 Å². The second-order valence-electron chi connectivity index (χ2n) is 10.1. The number of fused-ring (bicyclic) bond motifs is 2. The summed E-state index contributed by atoms with van der Waals surface area (Å²) >= 11 is 7.70. The number of amides is 1. The van der Waals surface area contributed by atoms with Crippen LogP contribution in [0.2, 0.25) is 5.02 Å². The summed E-state index contributed by atoms with van der Waals surface area (Å²) in [6.07, 6.45) is 5.17. The van der Waals surface area contributed by atoms with E-state index in [2.05, 4.69) is 15.3 Å². The first kappa shape index (κ1) is 24.8. The molecule has 1 aliphatic rings. The van der Waals surface area contributed by atoms with Crippen LogP contribution >= 0.6 is 22.9 Å². The van der Waals surface area contributed by atoms with Crippen molar-refractivity contribution in [2.75, 3.05) is 0 Å². The van der Waals surface area contributed by atoms with Gasteiger partial charge in [-0.05, 0) is 81.8 Å². The lowest BCUT2D eigenvalue weighted by Crippen LogP contribution is -2.39. The minimum Gasteiger partial charge on any atom is -0.349 e. The highest BCUT2D eigenvalue weighted by Crippen LogP contribution is 2.29. The van der Waals surface area contributed by atoms with Gasteiger partial charge in [-0.3, -0.25) is 18.9 Å². The predicted octanol–water partition coefficient (Wildman–Crippen LogP) is 6.06. The molecule has 194 valence electrons. The Morgan fingerprint density at radius 2 is 1.84 bits per heavy atom. The van der Waals surface area contributed by atoms with E-state index in [0.717, 1.165) is 57.6 Å². The Morgan fingerprint density at radius 1 is 1.08 bits per heavy atom. The molecule has 3 heterocycles. The topological polar surface area (TPSA) is 81.8 Å². The van der Waals surface area contributed by atoms with Crippen molar-refractivity contribution in [3.05, 3.63) is 86.5 Å². The SMILES string of the molecule is Cc1nc2cc(-n3c(=O)n(C[C@H]4CC[C@H](NC(=O)c5cc(Cl)cnc5C)CC4)c4ccccc43)ccc2s1. The van der Waals surface area contributed by atoms with E-state index >= 15 is 0 Å². The molecule has 0 aliphatic heterocycles. The smallest absolute Gasteiger partial charge is 0.333 e. The molecule has 1 aliphatic carbocycles. The number of benzene rings is 2. The van der Waals surface area contributed by atoms with Crippen LogP contribution in [0.25, 0.3) is 26.9 Å². The molecule has 1 N–H and O–H groups in total. The Hall–Kier alpha value is -3.49. The van der Waals surface area contributed by atoms with Crippen LogP contribution in [-0.2, 0) is 6.54 Å². The highest BCUT2D eigenvalue weighted by Gasteiger charge is 2.26. The quantitative estimate of drug-likeness (QED) is 0.291. The number of pyridine rings is 1. The standard InChI is InChI=1S/C29H28ClN5O2S/c1-17-23(13-20(30)15-31-17)28(36)33-21-9-7-19(8-10-21)16-34-25-5-3-4-6-26(25)35(29(34)37)22-11-12-27-24(14-22)32-18(2)38-27/h3-6,11-15,19,21H,7-10,16H2,1-2H3,(H,33,36)/t19-,21-. The Kier molecular flexibility index (Phi) is 6.53. The van der Waals surface area contributed by atoms with Gasteiger partial charge in [0.05, 0.1) is 48.2 Å². The summed E-state index contributed by atoms with van der Waals surface area (Å²) < 4.78 is 4.83. The highest BCUT2D eigenvalue weighted by atomic mass is 35.5. The van der Waals surface area contributed by atoms with Gasteiger partial charge in [0.25, 0.3) is 5.91 Å². The number of halogens is 1. The van der Waals surface area contributed by atoms with Gasteiger partial charge in [0.1, 0.15) is 0 Å². The molecule has 0 radical (unpaired) electrons. The fourth-order valence-electron chi connectivity index (χ4n) is 5.55. The largest absolute Gasteiger partial charge is 0.349 e. The van der Waals surface area contributed by atoms with Gasteiger partial charge in [-0.15, -0.1) is 11.3 Å². The molecule has 9 heteroatoms. The third-order valence-corrected chi connectivity index (χ3v) is 8.65. The number of imidazole rings is 1. The summed E-state index contributed by atoms with van der Waals surface area (Å²) in [4.78, 5) is 35.4. The van der Waals surface area contributed by atoms with Gasteiger partial charge in [-0.2, -0.15) is 0 Å². The van der Waals surface area contributed by atoms with Gasteiger partial charge in [0.2, 0.25) is 0 Å². The number of carbonyl (C=O) groups is 1. The molecule has 0 atom stereocenters. The van der Waals surface area contributed by atoms with Crippen LogP contribution in [-0.4, -0.2) is 31.1 Å². The molecule has 6 rings (SSSR count). The lowest BCUT2D eigenvalue weighted by Gasteiger charge is -2.29. The van der Waals surface area contributed by atoms with Gasteiger partial charge >= 0.3 is 5.69 Å². The molecule has 0 bridgehead atoms. The monoisotopic (exact) mass is 545 g/mol. The second-order valence-corrected chi connectivity index (χ2v) is 11.8. The maximum atomic E-state index is 13.8. The van der Waals surface area contributed by atoms with Crippen LogP contribution in [0, 0.1) is 19.8 Å². The number of thiazole rings is 1. The van der Waals surface area contributed by atoms with E-state index in [4.69, 9.17) is 11.6 Å². The van der Waals surface area contributed by atoms with Crippen LogP contribution in [0.1, 0.15) is 46.7 Å². The molecule has 1 saturated carbocycles. The molecule has 0 spiro atoms. The number of nitrogens with one attached hydrogen (secondary N) is 1. The molecular formula is C29H28ClN5O2S. The Bertz CT molecular complexity index is 1730. The molecule has 38 heavy (non-hydrogen) atoms. The van der Waals surface area contributed by atoms with E-state index < -0.39 is 0 Å². The van der Waals surface area contributed by atoms with Crippen molar-refractivity contribution >= 4 is 50.1 Å². The minimum atomic E-state index is -0.132. The van der Waals surface area contributed by atoms with Gasteiger partial charge in [-0.1, -0.05) is 23.7 Å². The first-order valence-electron chi connectivity index (χ1n) is 12.9. The van der Waals surface area contributed by atoms with Crippen molar-refractivity contribution in [3.8, 4) is 5.69 Å². The fraction of sp³-hybridized carbons (Fsp3) is 0.310. The average Bonchev–Trinajstić information content (AvgIpc) is 3.42. The number of para-hydroxylation sites is 2. The zero-order chi connectivity index (χ0) is 26.4. The molecule has 1 fully saturated rings. The summed E-state index contributed by atoms with van der Waals surface area (Å²) in [6, 6.07) is 15.8. The van der Waals surface area contributed by atoms with E-state index in [1.807, 2.05) is 60.9 Å². The summed E-state index contributed by atoms with van der Waals surface area (Å²) in [7, 11) is 0. The molecule has 1 amide bonds. The summed E-state index contributed by atoms with van der Waals surface area (Å²) in [5.41, 5.74) is 4.74. The van der Waals surface area contributed by atoms with Crippen LogP contribution < -0.4 is 11.0 Å². The average molecular weight is 546 g/mol. The number of aryl methyl sites for hydroxylation is 2. The third kappa shape index (κ3) is 4.63. The third-order valence-electron chi connectivity index (χ3n) is 7.49. The summed E-state index contributed by atoms with van der Waals surface area (Å²) in [5.74, 6) is 0.228. The number of carbonyl (C=O) groups excluding carboxylic acids is 1. The molecule has 0 unspecified atom stereocenters. The van der Waals surface area contributed by atoms with Crippen LogP contribution in [0.4, 0.5) is 0 Å². The first-order valence-corrected chi connectivity index (χ1v) is 14.1. The van der Waals surface area contributed by atoms with E-state index in [1.165, 1.54) is 0 Å². The Labute approximate surface area is 229 Å². The van der Waals surface area contributed by atoms with Crippen molar-refractivity contribution in [3.63, 3.8) is 0 Å². The normalized spacial score (nSPS) is 17.8. The van der Waals surface area contributed by atoms with Crippen LogP contribution in [0.15, 0.2) is 59.5 Å². The molecule has 5 aromatic rings. The molecule has 7 nitrogen and oxygen atoms in total.